The van der Waals surface area contributed by atoms with Gasteiger partial charge in [-0.05, 0) is 38.5 Å². The summed E-state index contributed by atoms with van der Waals surface area (Å²) in [6, 6.07) is 7.48. The maximum Gasteiger partial charge on any atom is 0.115 e. The fourth-order valence-electron chi connectivity index (χ4n) is 2.20. The Morgan fingerprint density at radius 3 is 2.94 bits per heavy atom. The van der Waals surface area contributed by atoms with Crippen molar-refractivity contribution < 1.29 is 9.84 Å². The van der Waals surface area contributed by atoms with E-state index in [4.69, 9.17) is 4.74 Å². The van der Waals surface area contributed by atoms with Crippen LogP contribution in [0.15, 0.2) is 24.3 Å². The third kappa shape index (κ3) is 2.99. The molecule has 1 saturated heterocycles. The van der Waals surface area contributed by atoms with Gasteiger partial charge in [-0.3, -0.25) is 4.90 Å². The predicted molar refractivity (Wildman–Crippen MR) is 68.0 cm³/mol. The van der Waals surface area contributed by atoms with E-state index in [1.165, 1.54) is 0 Å². The highest BCUT2D eigenvalue weighted by atomic mass is 16.5. The van der Waals surface area contributed by atoms with E-state index in [0.717, 1.165) is 25.3 Å². The molecule has 3 heteroatoms. The standard InChI is InChI=1S/C14H21NO2/c1-11-8-15(14(2,3)10-17-11)9-12-5-4-6-13(16)7-12/h4-7,11,16H,8-10H2,1-3H3. The highest BCUT2D eigenvalue weighted by Gasteiger charge is 2.33. The van der Waals surface area contributed by atoms with Gasteiger partial charge < -0.3 is 9.84 Å². The lowest BCUT2D eigenvalue weighted by molar-refractivity contribution is -0.0949. The van der Waals surface area contributed by atoms with Crippen LogP contribution in [0.1, 0.15) is 26.3 Å². The SMILES string of the molecule is CC1CN(Cc2cccc(O)c2)C(C)(C)CO1. The number of nitrogens with zero attached hydrogens (tertiary/aromatic N) is 1. The molecule has 1 aliphatic heterocycles. The van der Waals surface area contributed by atoms with Crippen molar-refractivity contribution in [2.45, 2.75) is 39.0 Å². The van der Waals surface area contributed by atoms with Crippen LogP contribution in [-0.4, -0.2) is 34.8 Å². The van der Waals surface area contributed by atoms with Gasteiger partial charge in [0.2, 0.25) is 0 Å². The monoisotopic (exact) mass is 235 g/mol. The average Bonchev–Trinajstić information content (AvgIpc) is 2.24. The van der Waals surface area contributed by atoms with Gasteiger partial charge in [-0.25, -0.2) is 0 Å². The van der Waals surface area contributed by atoms with Crippen molar-refractivity contribution in [3.63, 3.8) is 0 Å². The number of hydrogen-bond donors (Lipinski definition) is 1. The summed E-state index contributed by atoms with van der Waals surface area (Å²) >= 11 is 0. The van der Waals surface area contributed by atoms with Crippen molar-refractivity contribution in [1.29, 1.82) is 0 Å². The van der Waals surface area contributed by atoms with E-state index in [9.17, 15) is 5.11 Å². The zero-order valence-electron chi connectivity index (χ0n) is 10.8. The van der Waals surface area contributed by atoms with Crippen molar-refractivity contribution in [1.82, 2.24) is 4.90 Å². The van der Waals surface area contributed by atoms with E-state index < -0.39 is 0 Å². The topological polar surface area (TPSA) is 32.7 Å². The summed E-state index contributed by atoms with van der Waals surface area (Å²) in [6.45, 7) is 9.04. The first-order chi connectivity index (χ1) is 7.97. The Bertz CT molecular complexity index is 390. The fourth-order valence-corrected chi connectivity index (χ4v) is 2.20. The van der Waals surface area contributed by atoms with Crippen molar-refractivity contribution in [2.24, 2.45) is 0 Å². The zero-order valence-corrected chi connectivity index (χ0v) is 10.8. The molecule has 1 atom stereocenters. The fraction of sp³-hybridized carbons (Fsp3) is 0.571. The number of rotatable bonds is 2. The zero-order chi connectivity index (χ0) is 12.5. The number of benzene rings is 1. The molecule has 17 heavy (non-hydrogen) atoms. The molecule has 1 N–H and O–H groups in total. The van der Waals surface area contributed by atoms with E-state index >= 15 is 0 Å². The van der Waals surface area contributed by atoms with Crippen molar-refractivity contribution >= 4 is 0 Å². The van der Waals surface area contributed by atoms with Gasteiger partial charge in [-0.1, -0.05) is 12.1 Å². The molecule has 0 aliphatic carbocycles. The number of aromatic hydroxyl groups is 1. The first kappa shape index (κ1) is 12.4. The molecular formula is C14H21NO2. The summed E-state index contributed by atoms with van der Waals surface area (Å²) in [5.41, 5.74) is 1.20. The molecule has 3 nitrogen and oxygen atoms in total. The van der Waals surface area contributed by atoms with E-state index in [1.807, 2.05) is 12.1 Å². The van der Waals surface area contributed by atoms with E-state index in [1.54, 1.807) is 6.07 Å². The van der Waals surface area contributed by atoms with Crippen LogP contribution in [0.25, 0.3) is 0 Å². The second-order valence-electron chi connectivity index (χ2n) is 5.48. The Morgan fingerprint density at radius 2 is 2.24 bits per heavy atom. The Kier molecular flexibility index (Phi) is 3.40. The molecule has 1 heterocycles. The molecule has 2 rings (SSSR count). The van der Waals surface area contributed by atoms with Gasteiger partial charge in [0.15, 0.2) is 0 Å². The minimum atomic E-state index is 0.0535. The van der Waals surface area contributed by atoms with Crippen molar-refractivity contribution in [3.8, 4) is 5.75 Å². The van der Waals surface area contributed by atoms with Gasteiger partial charge in [0.05, 0.1) is 12.7 Å². The molecule has 0 radical (unpaired) electrons. The molecule has 0 spiro atoms. The lowest BCUT2D eigenvalue weighted by Gasteiger charge is -2.44. The Morgan fingerprint density at radius 1 is 1.47 bits per heavy atom. The third-order valence-corrected chi connectivity index (χ3v) is 3.34. The highest BCUT2D eigenvalue weighted by molar-refractivity contribution is 5.27. The minimum absolute atomic E-state index is 0.0535. The lowest BCUT2D eigenvalue weighted by Crippen LogP contribution is -2.54. The summed E-state index contributed by atoms with van der Waals surface area (Å²) in [5.74, 6) is 0.335. The Balaban J connectivity index is 2.11. The van der Waals surface area contributed by atoms with Gasteiger partial charge in [0, 0.05) is 18.6 Å². The highest BCUT2D eigenvalue weighted by Crippen LogP contribution is 2.25. The number of morpholine rings is 1. The Hall–Kier alpha value is -1.06. The van der Waals surface area contributed by atoms with Crippen LogP contribution in [0.2, 0.25) is 0 Å². The van der Waals surface area contributed by atoms with Crippen LogP contribution < -0.4 is 0 Å². The molecule has 0 bridgehead atoms. The van der Waals surface area contributed by atoms with Crippen LogP contribution in [0.3, 0.4) is 0 Å². The van der Waals surface area contributed by atoms with Crippen LogP contribution in [-0.2, 0) is 11.3 Å². The number of phenols is 1. The van der Waals surface area contributed by atoms with Crippen LogP contribution >= 0.6 is 0 Å². The molecule has 94 valence electrons. The summed E-state index contributed by atoms with van der Waals surface area (Å²) in [4.78, 5) is 2.41. The summed E-state index contributed by atoms with van der Waals surface area (Å²) in [6.07, 6.45) is 0.278. The van der Waals surface area contributed by atoms with Crippen LogP contribution in [0.4, 0.5) is 0 Å². The molecule has 1 aromatic rings. The maximum absolute atomic E-state index is 9.48. The number of hydrogen-bond acceptors (Lipinski definition) is 3. The van der Waals surface area contributed by atoms with Crippen LogP contribution in [0, 0.1) is 0 Å². The number of phenolic OH excluding ortho intramolecular Hbond substituents is 1. The molecule has 0 saturated carbocycles. The Labute approximate surface area is 103 Å². The lowest BCUT2D eigenvalue weighted by atomic mass is 10.00. The molecule has 1 aliphatic rings. The molecule has 0 aromatic heterocycles. The van der Waals surface area contributed by atoms with E-state index in [-0.39, 0.29) is 11.6 Å². The quantitative estimate of drug-likeness (QED) is 0.854. The second-order valence-corrected chi connectivity index (χ2v) is 5.48. The third-order valence-electron chi connectivity index (χ3n) is 3.34. The van der Waals surface area contributed by atoms with Gasteiger partial charge in [-0.2, -0.15) is 0 Å². The first-order valence-electron chi connectivity index (χ1n) is 6.12. The van der Waals surface area contributed by atoms with E-state index in [0.29, 0.717) is 5.75 Å². The van der Waals surface area contributed by atoms with Gasteiger partial charge in [0.1, 0.15) is 5.75 Å². The molecule has 1 aromatic carbocycles. The van der Waals surface area contributed by atoms with Gasteiger partial charge >= 0.3 is 0 Å². The van der Waals surface area contributed by atoms with Crippen LogP contribution in [0.5, 0.6) is 5.75 Å². The second kappa shape index (κ2) is 4.67. The summed E-state index contributed by atoms with van der Waals surface area (Å²) in [5, 5.41) is 9.48. The predicted octanol–water partition coefficient (Wildman–Crippen LogP) is 2.39. The van der Waals surface area contributed by atoms with Crippen molar-refractivity contribution in [2.75, 3.05) is 13.2 Å². The largest absolute Gasteiger partial charge is 0.508 e. The average molecular weight is 235 g/mol. The minimum Gasteiger partial charge on any atom is -0.508 e. The number of ether oxygens (including phenoxy) is 1. The molecule has 1 fully saturated rings. The molecule has 1 unspecified atom stereocenters. The van der Waals surface area contributed by atoms with Gasteiger partial charge in [0.25, 0.3) is 0 Å². The smallest absolute Gasteiger partial charge is 0.115 e. The van der Waals surface area contributed by atoms with E-state index in [2.05, 4.69) is 31.7 Å². The molecular weight excluding hydrogens is 214 g/mol. The van der Waals surface area contributed by atoms with Crippen molar-refractivity contribution in [3.05, 3.63) is 29.8 Å². The summed E-state index contributed by atoms with van der Waals surface area (Å²) in [7, 11) is 0. The summed E-state index contributed by atoms with van der Waals surface area (Å²) < 4.78 is 5.69. The first-order valence-corrected chi connectivity index (χ1v) is 6.12. The molecule has 0 amide bonds. The maximum atomic E-state index is 9.48. The normalized spacial score (nSPS) is 24.8. The van der Waals surface area contributed by atoms with Gasteiger partial charge in [-0.15, -0.1) is 0 Å².